The van der Waals surface area contributed by atoms with Crippen LogP contribution in [-0.4, -0.2) is 0 Å². The van der Waals surface area contributed by atoms with Gasteiger partial charge in [-0.05, 0) is 365 Å². The van der Waals surface area contributed by atoms with Crippen LogP contribution in [0.4, 0.5) is 0 Å². The van der Waals surface area contributed by atoms with Gasteiger partial charge in [-0.3, -0.25) is 0 Å². The second kappa shape index (κ2) is 17.7. The number of aryl methyl sites for hydroxylation is 8. The zero-order chi connectivity index (χ0) is 59.0. The van der Waals surface area contributed by atoms with Gasteiger partial charge in [0.2, 0.25) is 0 Å². The van der Waals surface area contributed by atoms with E-state index in [9.17, 15) is 0 Å². The summed E-state index contributed by atoms with van der Waals surface area (Å²) in [5.41, 5.74) is 56.1. The van der Waals surface area contributed by atoms with Gasteiger partial charge in [0.25, 0.3) is 0 Å². The zero-order valence-electron chi connectivity index (χ0n) is 53.4. The molecule has 0 nitrogen and oxygen atoms in total. The Morgan fingerprint density at radius 1 is 0.202 bits per heavy atom. The van der Waals surface area contributed by atoms with Crippen LogP contribution in [0.2, 0.25) is 0 Å². The molecule has 0 aliphatic heterocycles. The predicted molar refractivity (Wildman–Crippen MR) is 364 cm³/mol. The van der Waals surface area contributed by atoms with Crippen LogP contribution in [0.1, 0.15) is 142 Å². The van der Waals surface area contributed by atoms with Crippen LogP contribution < -0.4 is 0 Å². The highest BCUT2D eigenvalue weighted by Gasteiger charge is 2.49. The molecule has 11 aromatic carbocycles. The number of hydrogen-bond acceptors (Lipinski definition) is 0. The molecule has 4 aliphatic rings. The Morgan fingerprint density at radius 3 is 0.845 bits per heavy atom. The Balaban J connectivity index is 1.15. The van der Waals surface area contributed by atoms with Crippen LogP contribution in [0.15, 0.2) is 103 Å². The van der Waals surface area contributed by atoms with Crippen molar-refractivity contribution in [1.29, 1.82) is 0 Å². The zero-order valence-corrected chi connectivity index (χ0v) is 53.4. The van der Waals surface area contributed by atoms with Gasteiger partial charge in [0.15, 0.2) is 0 Å². The molecule has 4 aliphatic carbocycles. The van der Waals surface area contributed by atoms with Crippen molar-refractivity contribution in [2.75, 3.05) is 0 Å². The maximum absolute atomic E-state index is 2.60. The Labute approximate surface area is 499 Å². The number of fused-ring (bicyclic) bond motifs is 10. The van der Waals surface area contributed by atoms with Gasteiger partial charge in [-0.2, -0.15) is 0 Å². The van der Waals surface area contributed by atoms with E-state index in [1.807, 2.05) is 0 Å². The summed E-state index contributed by atoms with van der Waals surface area (Å²) in [6, 6.07) is 38.1. The first kappa shape index (κ1) is 52.7. The smallest absolute Gasteiger partial charge is 0.0174 e. The molecule has 11 aromatic rings. The monoisotopic (exact) mass is 1090 g/mol. The number of allylic oxidation sites excluding steroid dienone is 1. The Bertz CT molecular complexity index is 4850. The second-order valence-corrected chi connectivity index (χ2v) is 26.9. The van der Waals surface area contributed by atoms with Crippen molar-refractivity contribution < 1.29 is 0 Å². The van der Waals surface area contributed by atoms with Gasteiger partial charge in [0, 0.05) is 5.92 Å². The summed E-state index contributed by atoms with van der Waals surface area (Å²) in [7, 11) is 0. The Kier molecular flexibility index (Phi) is 11.1. The molecule has 0 aromatic heterocycles. The Morgan fingerprint density at radius 2 is 0.488 bits per heavy atom. The van der Waals surface area contributed by atoms with Crippen molar-refractivity contribution in [2.45, 2.75) is 144 Å². The minimum atomic E-state index is 0.153. The molecule has 0 fully saturated rings. The maximum Gasteiger partial charge on any atom is 0.0174 e. The van der Waals surface area contributed by atoms with Gasteiger partial charge in [-0.25, -0.2) is 0 Å². The summed E-state index contributed by atoms with van der Waals surface area (Å²) in [6.45, 7) is 48.2. The number of hydrogen-bond donors (Lipinski definition) is 0. The third-order valence-corrected chi connectivity index (χ3v) is 23.0. The molecule has 0 saturated heterocycles. The van der Waals surface area contributed by atoms with Gasteiger partial charge in [0.05, 0.1) is 0 Å². The average Bonchev–Trinajstić information content (AvgIpc) is 1.43. The van der Waals surface area contributed by atoms with Gasteiger partial charge >= 0.3 is 0 Å². The SMILES string of the molecule is CC1=C2c3c(c(C)c(C)c4c3C(c3c(C)c(C)c5c6c(c(C)c(C)c-4c36)-c3c-5c(-c4ccc(C)cc4)c4c(C)c(C)c(C)c(C)c4c3-c3ccc(C)cc3)C1C)-c1c2c(-c2ccc(C)cc2)c2c(C)c(C)c(C)c(C)c2c1-c1ccc(C)cc1. The lowest BCUT2D eigenvalue weighted by atomic mass is 9.60. The van der Waals surface area contributed by atoms with Gasteiger partial charge < -0.3 is 0 Å². The minimum Gasteiger partial charge on any atom is -0.0610 e. The third-order valence-electron chi connectivity index (χ3n) is 23.0. The van der Waals surface area contributed by atoms with Crippen LogP contribution in [0.3, 0.4) is 0 Å². The fraction of sp³-hybridized carbons (Fsp3) is 0.262. The molecule has 0 radical (unpaired) electrons. The lowest BCUT2D eigenvalue weighted by Crippen LogP contribution is -2.26. The first-order valence-electron chi connectivity index (χ1n) is 31.1. The highest BCUT2D eigenvalue weighted by atomic mass is 14.5. The molecular weight excluding hydrogens is 1010 g/mol. The molecule has 2 unspecified atom stereocenters. The van der Waals surface area contributed by atoms with E-state index in [0.29, 0.717) is 0 Å². The van der Waals surface area contributed by atoms with E-state index in [0.717, 1.165) is 0 Å². The molecule has 84 heavy (non-hydrogen) atoms. The molecule has 0 N–H and O–H groups in total. The molecule has 2 atom stereocenters. The largest absolute Gasteiger partial charge is 0.0610 e. The molecular formula is C84H78. The molecule has 0 amide bonds. The minimum absolute atomic E-state index is 0.153. The van der Waals surface area contributed by atoms with Crippen molar-refractivity contribution in [2.24, 2.45) is 5.92 Å². The van der Waals surface area contributed by atoms with Crippen molar-refractivity contribution in [3.05, 3.63) is 225 Å². The Hall–Kier alpha value is -8.06. The maximum atomic E-state index is 2.60. The van der Waals surface area contributed by atoms with Gasteiger partial charge in [-0.15, -0.1) is 0 Å². The first-order valence-corrected chi connectivity index (χ1v) is 31.1. The second-order valence-electron chi connectivity index (χ2n) is 26.9. The summed E-state index contributed by atoms with van der Waals surface area (Å²) in [6.07, 6.45) is 0. The highest BCUT2D eigenvalue weighted by Crippen LogP contribution is 2.70. The number of benzene rings is 11. The lowest BCUT2D eigenvalue weighted by Gasteiger charge is -2.42. The average molecular weight is 1090 g/mol. The standard InChI is InChI=1S/C84H78/c1-37-21-29-57(30-22-37)73-61-45(9)41(5)42(6)46(10)62(61)74(58-31-23-38(2)24-32-58)82-70-54(18)50(14)66-68-52(16)56(20)72-80-71(55(19)51(15)67(78(68)80)65-49(13)53(17)69(81(73)82)79(70)77(65)66)83-75(59-33-25-39(3)26-34-59)63-47(11)43(7)44(8)48(12)64(63)76(84(72)83)60-35-27-40(4)28-36-60/h21-36,49,65H,1-20H3. The third kappa shape index (κ3) is 6.40. The van der Waals surface area contributed by atoms with E-state index in [4.69, 9.17) is 0 Å². The summed E-state index contributed by atoms with van der Waals surface area (Å²) >= 11 is 0. The summed E-state index contributed by atoms with van der Waals surface area (Å²) < 4.78 is 0. The van der Waals surface area contributed by atoms with Gasteiger partial charge in [-0.1, -0.05) is 132 Å². The summed E-state index contributed by atoms with van der Waals surface area (Å²) in [4.78, 5) is 0. The molecule has 0 heteroatoms. The van der Waals surface area contributed by atoms with E-state index < -0.39 is 0 Å². The molecule has 0 spiro atoms. The van der Waals surface area contributed by atoms with Crippen LogP contribution in [0.5, 0.6) is 0 Å². The van der Waals surface area contributed by atoms with E-state index in [2.05, 4.69) is 236 Å². The van der Waals surface area contributed by atoms with E-state index in [1.165, 1.54) is 244 Å². The topological polar surface area (TPSA) is 0 Å². The molecule has 0 bridgehead atoms. The molecule has 0 heterocycles. The van der Waals surface area contributed by atoms with Crippen molar-refractivity contribution in [3.63, 3.8) is 0 Å². The lowest BCUT2D eigenvalue weighted by molar-refractivity contribution is 0.582. The normalized spacial score (nSPS) is 15.1. The van der Waals surface area contributed by atoms with Crippen LogP contribution in [0.25, 0.3) is 127 Å². The fourth-order valence-electron chi connectivity index (χ4n) is 17.4. The molecule has 414 valence electrons. The van der Waals surface area contributed by atoms with Gasteiger partial charge in [0.1, 0.15) is 0 Å². The summed E-state index contributed by atoms with van der Waals surface area (Å²) in [5, 5.41) is 8.58. The van der Waals surface area contributed by atoms with Crippen LogP contribution in [0, 0.1) is 131 Å². The van der Waals surface area contributed by atoms with Crippen LogP contribution >= 0.6 is 0 Å². The van der Waals surface area contributed by atoms with E-state index in [1.54, 1.807) is 11.1 Å². The summed E-state index contributed by atoms with van der Waals surface area (Å²) in [5.74, 6) is 0.373. The fourth-order valence-corrected chi connectivity index (χ4v) is 17.4. The molecule has 15 rings (SSSR count). The predicted octanol–water partition coefficient (Wildman–Crippen LogP) is 23.6. The van der Waals surface area contributed by atoms with Crippen molar-refractivity contribution >= 4 is 37.9 Å². The van der Waals surface area contributed by atoms with Crippen LogP contribution in [-0.2, 0) is 0 Å². The number of rotatable bonds is 4. The van der Waals surface area contributed by atoms with E-state index in [-0.39, 0.29) is 11.8 Å². The molecule has 0 saturated carbocycles. The highest BCUT2D eigenvalue weighted by molar-refractivity contribution is 6.33. The first-order chi connectivity index (χ1) is 40.1. The van der Waals surface area contributed by atoms with Crippen molar-refractivity contribution in [3.8, 4) is 89.0 Å². The van der Waals surface area contributed by atoms with Crippen molar-refractivity contribution in [1.82, 2.24) is 0 Å². The van der Waals surface area contributed by atoms with E-state index >= 15 is 0 Å². The quantitative estimate of drug-likeness (QED) is 0.165.